The Morgan fingerprint density at radius 2 is 2.19 bits per heavy atom. The number of nitrogens with two attached hydrogens (primary N) is 1. The van der Waals surface area contributed by atoms with Gasteiger partial charge in [-0.3, -0.25) is 14.3 Å². The number of carbonyl (C=O) groups is 2. The predicted octanol–water partition coefficient (Wildman–Crippen LogP) is 0.823. The number of hydrogen-bond acceptors (Lipinski definition) is 4. The van der Waals surface area contributed by atoms with E-state index < -0.39 is 12.0 Å². The van der Waals surface area contributed by atoms with E-state index in [4.69, 9.17) is 5.73 Å². The number of rotatable bonds is 2. The molecule has 0 aliphatic carbocycles. The van der Waals surface area contributed by atoms with Gasteiger partial charge in [0.1, 0.15) is 5.92 Å². The molecule has 0 radical (unpaired) electrons. The van der Waals surface area contributed by atoms with Crippen LogP contribution in [0.25, 0.3) is 0 Å². The van der Waals surface area contributed by atoms with E-state index in [0.29, 0.717) is 0 Å². The van der Waals surface area contributed by atoms with E-state index >= 15 is 0 Å². The van der Waals surface area contributed by atoms with Crippen LogP contribution in [-0.4, -0.2) is 17.7 Å². The van der Waals surface area contributed by atoms with Gasteiger partial charge in [-0.25, -0.2) is 0 Å². The maximum atomic E-state index is 11.9. The molecule has 0 spiro atoms. The van der Waals surface area contributed by atoms with E-state index in [-0.39, 0.29) is 11.7 Å². The fraction of sp³-hybridized carbons (Fsp3) is 0.273. The first-order chi connectivity index (χ1) is 7.61. The highest BCUT2D eigenvalue weighted by molar-refractivity contribution is 7.98. The molecule has 2 rings (SSSR count). The van der Waals surface area contributed by atoms with Crippen LogP contribution >= 0.6 is 11.9 Å². The van der Waals surface area contributed by atoms with Gasteiger partial charge in [-0.1, -0.05) is 18.2 Å². The van der Waals surface area contributed by atoms with Gasteiger partial charge in [-0.15, -0.1) is 0 Å². The Morgan fingerprint density at radius 1 is 1.50 bits per heavy atom. The molecule has 0 saturated heterocycles. The van der Waals surface area contributed by atoms with Crippen LogP contribution in [0.1, 0.15) is 18.4 Å². The second-order valence-corrected chi connectivity index (χ2v) is 4.58. The molecule has 1 heterocycles. The average Bonchev–Trinajstić information content (AvgIpc) is 2.28. The summed E-state index contributed by atoms with van der Waals surface area (Å²) in [5.41, 5.74) is 6.30. The number of fused-ring (bicyclic) bond motifs is 1. The highest BCUT2D eigenvalue weighted by atomic mass is 32.2. The molecule has 3 N–H and O–H groups in total. The van der Waals surface area contributed by atoms with Crippen LogP contribution in [0, 0.1) is 0 Å². The summed E-state index contributed by atoms with van der Waals surface area (Å²) in [6.45, 7) is 1.60. The van der Waals surface area contributed by atoms with Crippen molar-refractivity contribution >= 4 is 23.6 Å². The first-order valence-corrected chi connectivity index (χ1v) is 5.78. The van der Waals surface area contributed by atoms with Crippen molar-refractivity contribution in [3.05, 3.63) is 29.8 Å². The van der Waals surface area contributed by atoms with Gasteiger partial charge in [0.2, 0.25) is 5.91 Å². The molecular formula is C11H12N2O2S. The molecule has 1 aromatic rings. The monoisotopic (exact) mass is 236 g/mol. The third-order valence-corrected chi connectivity index (χ3v) is 3.38. The summed E-state index contributed by atoms with van der Waals surface area (Å²) in [7, 11) is 0. The summed E-state index contributed by atoms with van der Waals surface area (Å²) < 4.78 is 2.63. The first-order valence-electron chi connectivity index (χ1n) is 4.96. The van der Waals surface area contributed by atoms with Crippen LogP contribution in [0.15, 0.2) is 29.2 Å². The molecule has 1 amide bonds. The SMILES string of the molecule is C[C@H](N)C(=O)C1C(=O)NSc2ccccc21. The molecule has 0 aromatic heterocycles. The molecule has 0 bridgehead atoms. The van der Waals surface area contributed by atoms with Crippen LogP contribution in [0.4, 0.5) is 0 Å². The van der Waals surface area contributed by atoms with Crippen molar-refractivity contribution < 1.29 is 9.59 Å². The van der Waals surface area contributed by atoms with E-state index in [1.54, 1.807) is 13.0 Å². The number of ketones is 1. The molecule has 0 saturated carbocycles. The van der Waals surface area contributed by atoms with Gasteiger partial charge < -0.3 is 5.73 Å². The highest BCUT2D eigenvalue weighted by Crippen LogP contribution is 2.33. The van der Waals surface area contributed by atoms with Gasteiger partial charge in [-0.05, 0) is 30.5 Å². The molecule has 1 aromatic carbocycles. The van der Waals surface area contributed by atoms with Crippen LogP contribution in [0.2, 0.25) is 0 Å². The van der Waals surface area contributed by atoms with E-state index in [1.165, 1.54) is 11.9 Å². The van der Waals surface area contributed by atoms with Gasteiger partial charge >= 0.3 is 0 Å². The quantitative estimate of drug-likeness (QED) is 0.589. The van der Waals surface area contributed by atoms with E-state index in [2.05, 4.69) is 4.72 Å². The lowest BCUT2D eigenvalue weighted by atomic mass is 9.90. The summed E-state index contributed by atoms with van der Waals surface area (Å²) in [5, 5.41) is 0. The third-order valence-electron chi connectivity index (χ3n) is 2.49. The minimum Gasteiger partial charge on any atom is -0.322 e. The van der Waals surface area contributed by atoms with E-state index in [1.807, 2.05) is 18.2 Å². The van der Waals surface area contributed by atoms with Gasteiger partial charge in [0.25, 0.3) is 0 Å². The van der Waals surface area contributed by atoms with Crippen LogP contribution in [-0.2, 0) is 9.59 Å². The van der Waals surface area contributed by atoms with Crippen molar-refractivity contribution in [1.29, 1.82) is 0 Å². The molecule has 5 heteroatoms. The van der Waals surface area contributed by atoms with Gasteiger partial charge in [0.05, 0.1) is 6.04 Å². The van der Waals surface area contributed by atoms with E-state index in [0.717, 1.165) is 10.5 Å². The molecule has 84 valence electrons. The zero-order valence-electron chi connectivity index (χ0n) is 8.77. The minimum atomic E-state index is -0.766. The second kappa shape index (κ2) is 4.27. The van der Waals surface area contributed by atoms with Gasteiger partial charge in [-0.2, -0.15) is 0 Å². The standard InChI is InChI=1S/C11H12N2O2S/c1-6(12)10(14)9-7-4-2-3-5-8(7)16-13-11(9)15/h2-6,9H,12H2,1H3,(H,13,15)/t6-,9?/m0/s1. The molecule has 0 fully saturated rings. The number of carbonyl (C=O) groups excluding carboxylic acids is 2. The molecule has 1 aliphatic heterocycles. The molecule has 1 unspecified atom stereocenters. The van der Waals surface area contributed by atoms with E-state index in [9.17, 15) is 9.59 Å². The van der Waals surface area contributed by atoms with Crippen LogP contribution in [0.3, 0.4) is 0 Å². The average molecular weight is 236 g/mol. The number of Topliss-reactive ketones (excluding diaryl/α,β-unsaturated/α-hetero) is 1. The summed E-state index contributed by atoms with van der Waals surface area (Å²) >= 11 is 1.24. The number of hydrogen-bond donors (Lipinski definition) is 2. The van der Waals surface area contributed by atoms with Crippen LogP contribution < -0.4 is 10.5 Å². The molecule has 4 nitrogen and oxygen atoms in total. The maximum absolute atomic E-state index is 11.9. The molecule has 1 aliphatic rings. The second-order valence-electron chi connectivity index (χ2n) is 3.73. The zero-order chi connectivity index (χ0) is 11.7. The minimum absolute atomic E-state index is 0.245. The predicted molar refractivity (Wildman–Crippen MR) is 61.8 cm³/mol. The smallest absolute Gasteiger partial charge is 0.245 e. The van der Waals surface area contributed by atoms with Crippen molar-refractivity contribution in [3.8, 4) is 0 Å². The Bertz CT molecular complexity index is 445. The van der Waals surface area contributed by atoms with Crippen molar-refractivity contribution in [2.45, 2.75) is 23.8 Å². The van der Waals surface area contributed by atoms with Crippen LogP contribution in [0.5, 0.6) is 0 Å². The molecular weight excluding hydrogens is 224 g/mol. The Morgan fingerprint density at radius 3 is 2.88 bits per heavy atom. The highest BCUT2D eigenvalue weighted by Gasteiger charge is 2.35. The van der Waals surface area contributed by atoms with Crippen molar-refractivity contribution in [1.82, 2.24) is 4.72 Å². The maximum Gasteiger partial charge on any atom is 0.245 e. The Labute approximate surface area is 97.7 Å². The first kappa shape index (κ1) is 11.2. The van der Waals surface area contributed by atoms with Crippen molar-refractivity contribution in [3.63, 3.8) is 0 Å². The molecule has 2 atom stereocenters. The number of nitrogens with one attached hydrogen (secondary N) is 1. The Hall–Kier alpha value is -1.33. The van der Waals surface area contributed by atoms with Crippen molar-refractivity contribution in [2.24, 2.45) is 5.73 Å². The normalized spacial score (nSPS) is 20.9. The van der Waals surface area contributed by atoms with Crippen molar-refractivity contribution in [2.75, 3.05) is 0 Å². The van der Waals surface area contributed by atoms with Gasteiger partial charge in [0, 0.05) is 4.90 Å². The number of amides is 1. The Kier molecular flexibility index (Phi) is 2.98. The lowest BCUT2D eigenvalue weighted by Gasteiger charge is -2.24. The molecule has 16 heavy (non-hydrogen) atoms. The lowest BCUT2D eigenvalue weighted by molar-refractivity contribution is -0.130. The fourth-order valence-corrected chi connectivity index (χ4v) is 2.44. The topological polar surface area (TPSA) is 72.2 Å². The zero-order valence-corrected chi connectivity index (χ0v) is 9.58. The summed E-state index contributed by atoms with van der Waals surface area (Å²) in [5.74, 6) is -1.30. The third kappa shape index (κ3) is 1.83. The lowest BCUT2D eigenvalue weighted by Crippen LogP contribution is -2.40. The number of benzene rings is 1. The van der Waals surface area contributed by atoms with Gasteiger partial charge in [0.15, 0.2) is 5.78 Å². The fourth-order valence-electron chi connectivity index (χ4n) is 1.66. The largest absolute Gasteiger partial charge is 0.322 e. The summed E-state index contributed by atoms with van der Waals surface area (Å²) in [6.07, 6.45) is 0. The summed E-state index contributed by atoms with van der Waals surface area (Å²) in [4.78, 5) is 24.5. The summed E-state index contributed by atoms with van der Waals surface area (Å²) in [6, 6.07) is 6.73. The Balaban J connectivity index is 2.45.